The number of nitrogens with one attached hydrogen (secondary N) is 1. The van der Waals surface area contributed by atoms with E-state index in [1.54, 1.807) is 13.8 Å². The molecule has 2 fully saturated rings. The maximum absolute atomic E-state index is 12.5. The first-order chi connectivity index (χ1) is 12.6. The molecule has 3 rings (SSSR count). The Hall–Kier alpha value is -2.46. The van der Waals surface area contributed by atoms with Crippen molar-refractivity contribution in [2.45, 2.75) is 42.1 Å². The Morgan fingerprint density at radius 1 is 1.41 bits per heavy atom. The molecule has 4 atom stereocenters. The van der Waals surface area contributed by atoms with Gasteiger partial charge < -0.3 is 30.9 Å². The number of ether oxygens (including phenoxy) is 1. The van der Waals surface area contributed by atoms with Gasteiger partial charge in [-0.15, -0.1) is 11.8 Å². The van der Waals surface area contributed by atoms with Crippen LogP contribution in [0.25, 0.3) is 0 Å². The number of carboxylic acid groups (broad SMARTS) is 1. The summed E-state index contributed by atoms with van der Waals surface area (Å²) < 4.78 is 4.33. The van der Waals surface area contributed by atoms with Gasteiger partial charge in [-0.25, -0.2) is 4.79 Å². The summed E-state index contributed by atoms with van der Waals surface area (Å²) in [6.07, 6.45) is 0. The van der Waals surface area contributed by atoms with Gasteiger partial charge in [0.05, 0.1) is 7.11 Å². The van der Waals surface area contributed by atoms with Crippen molar-refractivity contribution in [1.82, 2.24) is 10.2 Å². The van der Waals surface area contributed by atoms with Crippen LogP contribution in [0.3, 0.4) is 0 Å². The molecule has 27 heavy (non-hydrogen) atoms. The van der Waals surface area contributed by atoms with Crippen molar-refractivity contribution >= 4 is 29.5 Å². The Balaban J connectivity index is 1.72. The Bertz CT molecular complexity index is 814. The van der Waals surface area contributed by atoms with E-state index in [2.05, 4.69) is 5.32 Å². The summed E-state index contributed by atoms with van der Waals surface area (Å²) in [5.41, 5.74) is 6.39. The minimum Gasteiger partial charge on any atom is -0.504 e. The molecular weight excluding hydrogens is 374 g/mol. The molecule has 2 saturated heterocycles. The maximum Gasteiger partial charge on any atom is 0.327 e. The number of aliphatic carboxylic acids is 1. The number of carboxylic acids is 1. The third kappa shape index (κ3) is 3.08. The monoisotopic (exact) mass is 395 g/mol. The van der Waals surface area contributed by atoms with E-state index in [9.17, 15) is 24.6 Å². The number of hydrogen-bond acceptors (Lipinski definition) is 7. The normalized spacial score (nSPS) is 26.7. The highest BCUT2D eigenvalue weighted by Crippen LogP contribution is 2.50. The fourth-order valence-electron chi connectivity index (χ4n) is 3.43. The van der Waals surface area contributed by atoms with Crippen molar-refractivity contribution in [2.75, 3.05) is 7.11 Å². The maximum atomic E-state index is 12.5. The third-order valence-electron chi connectivity index (χ3n) is 4.82. The highest BCUT2D eigenvalue weighted by atomic mass is 32.2. The van der Waals surface area contributed by atoms with Gasteiger partial charge in [-0.05, 0) is 31.5 Å². The van der Waals surface area contributed by atoms with Crippen molar-refractivity contribution in [3.63, 3.8) is 0 Å². The summed E-state index contributed by atoms with van der Waals surface area (Å²) >= 11 is 1.34. The number of β-lactam (4-membered cyclic amide) rings is 1. The zero-order chi connectivity index (χ0) is 20.1. The van der Waals surface area contributed by atoms with Gasteiger partial charge in [0.1, 0.15) is 23.5 Å². The number of fused-ring (bicyclic) bond motifs is 1. The molecule has 1 aromatic rings. The zero-order valence-electron chi connectivity index (χ0n) is 15.0. The van der Waals surface area contributed by atoms with Crippen molar-refractivity contribution in [3.8, 4) is 11.5 Å². The van der Waals surface area contributed by atoms with E-state index in [0.29, 0.717) is 5.56 Å². The molecule has 5 N–H and O–H groups in total. The Morgan fingerprint density at radius 3 is 2.67 bits per heavy atom. The van der Waals surface area contributed by atoms with Crippen molar-refractivity contribution in [1.29, 1.82) is 0 Å². The Labute approximate surface area is 159 Å². The van der Waals surface area contributed by atoms with Crippen molar-refractivity contribution in [3.05, 3.63) is 23.8 Å². The second-order valence-electron chi connectivity index (χ2n) is 6.99. The molecule has 0 bridgehead atoms. The predicted octanol–water partition coefficient (Wildman–Crippen LogP) is 0.0323. The molecule has 0 spiro atoms. The Kier molecular flexibility index (Phi) is 4.73. The molecule has 1 unspecified atom stereocenters. The number of rotatable bonds is 5. The molecule has 10 heteroatoms. The number of phenolic OH excluding ortho intramolecular Hbond substituents is 1. The van der Waals surface area contributed by atoms with Gasteiger partial charge in [0.15, 0.2) is 11.5 Å². The van der Waals surface area contributed by atoms with Crippen LogP contribution in [-0.2, 0) is 14.4 Å². The molecule has 2 aliphatic rings. The van der Waals surface area contributed by atoms with Crippen LogP contribution in [0, 0.1) is 0 Å². The van der Waals surface area contributed by atoms with Gasteiger partial charge in [0.25, 0.3) is 0 Å². The average Bonchev–Trinajstić information content (AvgIpc) is 2.87. The van der Waals surface area contributed by atoms with E-state index in [-0.39, 0.29) is 11.5 Å². The lowest BCUT2D eigenvalue weighted by Crippen LogP contribution is -2.71. The van der Waals surface area contributed by atoms with E-state index >= 15 is 0 Å². The second kappa shape index (κ2) is 6.61. The van der Waals surface area contributed by atoms with Crippen LogP contribution in [0.2, 0.25) is 0 Å². The highest BCUT2D eigenvalue weighted by Gasteiger charge is 2.64. The topological polar surface area (TPSA) is 142 Å². The summed E-state index contributed by atoms with van der Waals surface area (Å²) in [5.74, 6) is -1.98. The fourth-order valence-corrected chi connectivity index (χ4v) is 5.05. The van der Waals surface area contributed by atoms with Gasteiger partial charge in [0.2, 0.25) is 11.8 Å². The van der Waals surface area contributed by atoms with Gasteiger partial charge >= 0.3 is 5.97 Å². The van der Waals surface area contributed by atoms with Gasteiger partial charge in [-0.3, -0.25) is 9.59 Å². The van der Waals surface area contributed by atoms with E-state index < -0.39 is 46.0 Å². The van der Waals surface area contributed by atoms with Crippen LogP contribution in [0.5, 0.6) is 11.5 Å². The number of hydrogen-bond donors (Lipinski definition) is 4. The summed E-state index contributed by atoms with van der Waals surface area (Å²) in [4.78, 5) is 37.7. The van der Waals surface area contributed by atoms with E-state index in [1.807, 2.05) is 0 Å². The van der Waals surface area contributed by atoms with Crippen LogP contribution in [-0.4, -0.2) is 62.2 Å². The summed E-state index contributed by atoms with van der Waals surface area (Å²) in [7, 11) is 1.38. The lowest BCUT2D eigenvalue weighted by molar-refractivity contribution is -0.161. The zero-order valence-corrected chi connectivity index (χ0v) is 15.8. The van der Waals surface area contributed by atoms with Gasteiger partial charge in [-0.1, -0.05) is 6.07 Å². The predicted molar refractivity (Wildman–Crippen MR) is 97.2 cm³/mol. The summed E-state index contributed by atoms with van der Waals surface area (Å²) in [5, 5.41) is 21.2. The molecular formula is C17H21N3O6S. The molecule has 0 aliphatic carbocycles. The molecule has 2 aliphatic heterocycles. The molecule has 146 valence electrons. The third-order valence-corrected chi connectivity index (χ3v) is 6.39. The van der Waals surface area contributed by atoms with Crippen molar-refractivity contribution < 1.29 is 29.3 Å². The number of benzene rings is 1. The number of carbonyl (C=O) groups excluding carboxylic acids is 2. The quantitative estimate of drug-likeness (QED) is 0.512. The number of carbonyl (C=O) groups is 3. The van der Waals surface area contributed by atoms with E-state index in [0.717, 1.165) is 0 Å². The van der Waals surface area contributed by atoms with E-state index in [1.165, 1.54) is 42.0 Å². The lowest BCUT2D eigenvalue weighted by Gasteiger charge is -2.43. The second-order valence-corrected chi connectivity index (χ2v) is 8.76. The number of phenols is 1. The largest absolute Gasteiger partial charge is 0.504 e. The molecule has 0 aromatic heterocycles. The SMILES string of the molecule is COc1cc(C(N)C(=O)N[C@@H]2C(=O)N3[C@@H]2SC(C)(C)[C@@H]3C(=O)O)ccc1O. The minimum absolute atomic E-state index is 0.0806. The van der Waals surface area contributed by atoms with Crippen LogP contribution < -0.4 is 15.8 Å². The number of nitrogens with zero attached hydrogens (tertiary/aromatic N) is 1. The van der Waals surface area contributed by atoms with Crippen molar-refractivity contribution in [2.24, 2.45) is 5.73 Å². The minimum atomic E-state index is -1.07. The van der Waals surface area contributed by atoms with Crippen LogP contribution in [0.1, 0.15) is 25.5 Å². The average molecular weight is 395 g/mol. The molecule has 2 heterocycles. The lowest BCUT2D eigenvalue weighted by atomic mass is 9.95. The molecule has 0 radical (unpaired) electrons. The summed E-state index contributed by atoms with van der Waals surface area (Å²) in [6, 6.07) is 1.47. The number of nitrogens with two attached hydrogens (primary N) is 1. The number of methoxy groups -OCH3 is 1. The van der Waals surface area contributed by atoms with Gasteiger partial charge in [0, 0.05) is 4.75 Å². The van der Waals surface area contributed by atoms with Crippen LogP contribution in [0.4, 0.5) is 0 Å². The van der Waals surface area contributed by atoms with Crippen LogP contribution in [0.15, 0.2) is 18.2 Å². The fraction of sp³-hybridized carbons (Fsp3) is 0.471. The Morgan fingerprint density at radius 2 is 2.07 bits per heavy atom. The molecule has 2 amide bonds. The van der Waals surface area contributed by atoms with Gasteiger partial charge in [-0.2, -0.15) is 0 Å². The smallest absolute Gasteiger partial charge is 0.327 e. The summed E-state index contributed by atoms with van der Waals surface area (Å²) in [6.45, 7) is 3.52. The molecule has 1 aromatic carbocycles. The first-order valence-electron chi connectivity index (χ1n) is 8.24. The number of amides is 2. The molecule has 0 saturated carbocycles. The van der Waals surface area contributed by atoms with Crippen LogP contribution >= 0.6 is 11.8 Å². The standard InChI is InChI=1S/C17H21N3O6S/c1-17(2)12(16(24)25)20-14(23)11(15(20)27-17)19-13(22)10(18)7-4-5-8(21)9(6-7)26-3/h4-6,10-12,15,21H,18H2,1-3H3,(H,19,22)(H,24,25)/t10?,11-,12+,15-/m1/s1. The van der Waals surface area contributed by atoms with E-state index in [4.69, 9.17) is 10.5 Å². The first kappa shape index (κ1) is 19.3. The number of aromatic hydroxyl groups is 1. The molecule has 9 nitrogen and oxygen atoms in total. The number of thioether (sulfide) groups is 1. The first-order valence-corrected chi connectivity index (χ1v) is 9.12. The highest BCUT2D eigenvalue weighted by molar-refractivity contribution is 8.01.